The highest BCUT2D eigenvalue weighted by molar-refractivity contribution is 5.91. The second-order valence-corrected chi connectivity index (χ2v) is 5.37. The van der Waals surface area contributed by atoms with Crippen molar-refractivity contribution in [3.8, 4) is 0 Å². The van der Waals surface area contributed by atoms with Crippen LogP contribution in [0, 0.1) is 11.3 Å². The van der Waals surface area contributed by atoms with Crippen molar-refractivity contribution in [1.29, 1.82) is 0 Å². The van der Waals surface area contributed by atoms with E-state index >= 15 is 0 Å². The second-order valence-electron chi connectivity index (χ2n) is 5.37. The van der Waals surface area contributed by atoms with Gasteiger partial charge in [-0.3, -0.25) is 4.79 Å². The molecule has 0 radical (unpaired) electrons. The van der Waals surface area contributed by atoms with Crippen LogP contribution in [0.2, 0.25) is 0 Å². The minimum absolute atomic E-state index is 0.168. The van der Waals surface area contributed by atoms with Crippen molar-refractivity contribution in [1.82, 2.24) is 0 Å². The van der Waals surface area contributed by atoms with Gasteiger partial charge in [0, 0.05) is 13.0 Å². The Labute approximate surface area is 92.4 Å². The first-order valence-corrected chi connectivity index (χ1v) is 6.31. The Morgan fingerprint density at radius 1 is 1.40 bits per heavy atom. The lowest BCUT2D eigenvalue weighted by Crippen LogP contribution is -2.53. The first-order chi connectivity index (χ1) is 7.16. The molecule has 2 aliphatic carbocycles. The predicted octanol–water partition coefficient (Wildman–Crippen LogP) is 2.95. The van der Waals surface area contributed by atoms with E-state index in [4.69, 9.17) is 4.74 Å². The predicted molar refractivity (Wildman–Crippen MR) is 59.7 cm³/mol. The fourth-order valence-electron chi connectivity index (χ4n) is 2.77. The summed E-state index contributed by atoms with van der Waals surface area (Å²) in [7, 11) is 0. The van der Waals surface area contributed by atoms with Crippen LogP contribution in [0.25, 0.3) is 0 Å². The Morgan fingerprint density at radius 2 is 2.07 bits per heavy atom. The molecule has 2 nitrogen and oxygen atoms in total. The molecule has 0 bridgehead atoms. The maximum Gasteiger partial charge on any atom is 0.143 e. The molecule has 0 aromatic rings. The van der Waals surface area contributed by atoms with Crippen LogP contribution in [0.1, 0.15) is 52.4 Å². The SMILES string of the molecule is CCC1(C)C(=O)CC1OCC1CCCC1. The molecule has 0 saturated heterocycles. The summed E-state index contributed by atoms with van der Waals surface area (Å²) in [6, 6.07) is 0. The van der Waals surface area contributed by atoms with E-state index in [2.05, 4.69) is 13.8 Å². The Kier molecular flexibility index (Phi) is 3.15. The van der Waals surface area contributed by atoms with Crippen LogP contribution in [0.3, 0.4) is 0 Å². The van der Waals surface area contributed by atoms with E-state index in [9.17, 15) is 4.79 Å². The molecule has 2 unspecified atom stereocenters. The first-order valence-electron chi connectivity index (χ1n) is 6.31. The molecule has 0 aromatic carbocycles. The molecule has 2 aliphatic rings. The Morgan fingerprint density at radius 3 is 2.60 bits per heavy atom. The molecule has 0 spiro atoms. The molecule has 0 heterocycles. The van der Waals surface area contributed by atoms with Crippen molar-refractivity contribution in [3.63, 3.8) is 0 Å². The fraction of sp³-hybridized carbons (Fsp3) is 0.923. The van der Waals surface area contributed by atoms with Crippen LogP contribution in [-0.2, 0) is 9.53 Å². The quantitative estimate of drug-likeness (QED) is 0.713. The zero-order valence-electron chi connectivity index (χ0n) is 9.92. The van der Waals surface area contributed by atoms with Gasteiger partial charge in [-0.2, -0.15) is 0 Å². The van der Waals surface area contributed by atoms with E-state index in [-0.39, 0.29) is 11.5 Å². The van der Waals surface area contributed by atoms with Crippen LogP contribution in [0.15, 0.2) is 0 Å². The molecule has 0 aliphatic heterocycles. The summed E-state index contributed by atoms with van der Waals surface area (Å²) < 4.78 is 5.92. The van der Waals surface area contributed by atoms with Gasteiger partial charge in [0.15, 0.2) is 0 Å². The van der Waals surface area contributed by atoms with Crippen molar-refractivity contribution >= 4 is 5.78 Å². The van der Waals surface area contributed by atoms with Crippen molar-refractivity contribution in [2.75, 3.05) is 6.61 Å². The highest BCUT2D eigenvalue weighted by atomic mass is 16.5. The highest BCUT2D eigenvalue weighted by Crippen LogP contribution is 2.42. The number of Topliss-reactive ketones (excluding diaryl/α,β-unsaturated/α-hetero) is 1. The first kappa shape index (κ1) is 11.1. The molecule has 15 heavy (non-hydrogen) atoms. The largest absolute Gasteiger partial charge is 0.376 e. The average molecular weight is 210 g/mol. The molecule has 2 fully saturated rings. The third-order valence-electron chi connectivity index (χ3n) is 4.46. The summed E-state index contributed by atoms with van der Waals surface area (Å²) in [5, 5.41) is 0. The molecule has 0 amide bonds. The highest BCUT2D eigenvalue weighted by Gasteiger charge is 2.50. The number of carbonyl (C=O) groups excluding carboxylic acids is 1. The van der Waals surface area contributed by atoms with Crippen LogP contribution in [0.5, 0.6) is 0 Å². The molecule has 0 N–H and O–H groups in total. The fourth-order valence-corrected chi connectivity index (χ4v) is 2.77. The van der Waals surface area contributed by atoms with E-state index in [0.29, 0.717) is 12.2 Å². The van der Waals surface area contributed by atoms with Gasteiger partial charge >= 0.3 is 0 Å². The standard InChI is InChI=1S/C13H22O2/c1-3-13(2)11(14)8-12(13)15-9-10-6-4-5-7-10/h10,12H,3-9H2,1-2H3. The Bertz CT molecular complexity index is 243. The molecule has 2 rings (SSSR count). The van der Waals surface area contributed by atoms with Gasteiger partial charge in [0.1, 0.15) is 5.78 Å². The van der Waals surface area contributed by atoms with Crippen LogP contribution in [0.4, 0.5) is 0 Å². The van der Waals surface area contributed by atoms with Crippen molar-refractivity contribution in [2.45, 2.75) is 58.5 Å². The van der Waals surface area contributed by atoms with Crippen molar-refractivity contribution in [3.05, 3.63) is 0 Å². The summed E-state index contributed by atoms with van der Waals surface area (Å²) in [5.41, 5.74) is -0.168. The summed E-state index contributed by atoms with van der Waals surface area (Å²) in [5.74, 6) is 1.16. The summed E-state index contributed by atoms with van der Waals surface area (Å²) in [4.78, 5) is 11.5. The van der Waals surface area contributed by atoms with E-state index in [0.717, 1.165) is 18.9 Å². The zero-order chi connectivity index (χ0) is 10.9. The number of carbonyl (C=O) groups is 1. The van der Waals surface area contributed by atoms with E-state index in [1.54, 1.807) is 0 Å². The van der Waals surface area contributed by atoms with E-state index < -0.39 is 0 Å². The molecule has 86 valence electrons. The number of rotatable bonds is 4. The molecular formula is C13H22O2. The molecule has 2 saturated carbocycles. The number of hydrogen-bond donors (Lipinski definition) is 0. The van der Waals surface area contributed by atoms with Gasteiger partial charge in [-0.15, -0.1) is 0 Å². The van der Waals surface area contributed by atoms with E-state index in [1.807, 2.05) is 0 Å². The number of ketones is 1. The van der Waals surface area contributed by atoms with Crippen molar-refractivity contribution < 1.29 is 9.53 Å². The minimum Gasteiger partial charge on any atom is -0.376 e. The maximum absolute atomic E-state index is 11.5. The molecule has 2 atom stereocenters. The van der Waals surface area contributed by atoms with E-state index in [1.165, 1.54) is 25.7 Å². The maximum atomic E-state index is 11.5. The van der Waals surface area contributed by atoms with Gasteiger partial charge in [0.25, 0.3) is 0 Å². The molecular weight excluding hydrogens is 188 g/mol. The molecule has 2 heteroatoms. The Hall–Kier alpha value is -0.370. The monoisotopic (exact) mass is 210 g/mol. The smallest absolute Gasteiger partial charge is 0.143 e. The van der Waals surface area contributed by atoms with Gasteiger partial charge in [0.2, 0.25) is 0 Å². The minimum atomic E-state index is -0.168. The normalized spacial score (nSPS) is 36.9. The van der Waals surface area contributed by atoms with Gasteiger partial charge in [-0.05, 0) is 25.2 Å². The number of ether oxygens (including phenoxy) is 1. The lowest BCUT2D eigenvalue weighted by molar-refractivity contribution is -0.163. The van der Waals surface area contributed by atoms with Gasteiger partial charge in [0.05, 0.1) is 11.5 Å². The summed E-state index contributed by atoms with van der Waals surface area (Å²) in [6.07, 6.45) is 7.15. The van der Waals surface area contributed by atoms with Crippen LogP contribution in [-0.4, -0.2) is 18.5 Å². The lowest BCUT2D eigenvalue weighted by Gasteiger charge is -2.44. The zero-order valence-corrected chi connectivity index (χ0v) is 9.92. The third-order valence-corrected chi connectivity index (χ3v) is 4.46. The van der Waals surface area contributed by atoms with Gasteiger partial charge < -0.3 is 4.74 Å². The molecule has 0 aromatic heterocycles. The summed E-state index contributed by atoms with van der Waals surface area (Å²) in [6.45, 7) is 5.02. The third kappa shape index (κ3) is 1.96. The Balaban J connectivity index is 1.78. The summed E-state index contributed by atoms with van der Waals surface area (Å²) >= 11 is 0. The lowest BCUT2D eigenvalue weighted by atomic mass is 9.64. The van der Waals surface area contributed by atoms with Gasteiger partial charge in [-0.1, -0.05) is 26.7 Å². The average Bonchev–Trinajstić information content (AvgIpc) is 2.75. The second kappa shape index (κ2) is 4.25. The topological polar surface area (TPSA) is 26.3 Å². The van der Waals surface area contributed by atoms with Crippen molar-refractivity contribution in [2.24, 2.45) is 11.3 Å². The van der Waals surface area contributed by atoms with Crippen LogP contribution < -0.4 is 0 Å². The number of hydrogen-bond acceptors (Lipinski definition) is 2. The van der Waals surface area contributed by atoms with Crippen LogP contribution >= 0.6 is 0 Å². The van der Waals surface area contributed by atoms with Gasteiger partial charge in [-0.25, -0.2) is 0 Å².